The van der Waals surface area contributed by atoms with Gasteiger partial charge in [0.25, 0.3) is 0 Å². The minimum Gasteiger partial charge on any atom is -0.0881 e. The van der Waals surface area contributed by atoms with Gasteiger partial charge in [-0.15, -0.1) is 0 Å². The van der Waals surface area contributed by atoms with Crippen LogP contribution < -0.4 is 10.6 Å². The zero-order valence-corrected chi connectivity index (χ0v) is 16.0. The molecule has 0 fully saturated rings. The van der Waals surface area contributed by atoms with E-state index in [0.29, 0.717) is 0 Å². The van der Waals surface area contributed by atoms with E-state index >= 15 is 0 Å². The largest absolute Gasteiger partial charge is 0.0998 e. The van der Waals surface area contributed by atoms with Gasteiger partial charge in [0.2, 0.25) is 0 Å². The molecule has 0 aromatic heterocycles. The van der Waals surface area contributed by atoms with Gasteiger partial charge in [0.15, 0.2) is 0 Å². The van der Waals surface area contributed by atoms with E-state index in [9.17, 15) is 0 Å². The second-order valence-corrected chi connectivity index (χ2v) is 10.1. The summed E-state index contributed by atoms with van der Waals surface area (Å²) in [6, 6.07) is 31.1. The van der Waals surface area contributed by atoms with Crippen molar-refractivity contribution >= 4 is 17.9 Å². The molecule has 0 radical (unpaired) electrons. The van der Waals surface area contributed by atoms with Gasteiger partial charge >= 0.3 is 0 Å². The molecular formula is C24H26P+. The fourth-order valence-corrected chi connectivity index (χ4v) is 7.60. The molecule has 0 spiro atoms. The van der Waals surface area contributed by atoms with Crippen molar-refractivity contribution in [3.05, 3.63) is 108 Å². The maximum absolute atomic E-state index is 2.35. The van der Waals surface area contributed by atoms with Crippen LogP contribution in [0.4, 0.5) is 0 Å². The first-order valence-electron chi connectivity index (χ1n) is 8.90. The molecule has 0 aliphatic rings. The average Bonchev–Trinajstić information content (AvgIpc) is 2.68. The van der Waals surface area contributed by atoms with Crippen molar-refractivity contribution in [3.8, 4) is 0 Å². The second kappa shape index (κ2) is 8.28. The van der Waals surface area contributed by atoms with Crippen molar-refractivity contribution in [2.24, 2.45) is 0 Å². The highest BCUT2D eigenvalue weighted by molar-refractivity contribution is 7.89. The Hall–Kier alpha value is -2.17. The van der Waals surface area contributed by atoms with Crippen LogP contribution in [0.1, 0.15) is 18.1 Å². The van der Waals surface area contributed by atoms with E-state index in [4.69, 9.17) is 0 Å². The number of benzene rings is 3. The summed E-state index contributed by atoms with van der Waals surface area (Å²) in [4.78, 5) is 0. The van der Waals surface area contributed by atoms with Gasteiger partial charge in [-0.25, -0.2) is 0 Å². The zero-order valence-electron chi connectivity index (χ0n) is 15.1. The van der Waals surface area contributed by atoms with Crippen LogP contribution >= 0.6 is 7.26 Å². The number of hydrogen-bond acceptors (Lipinski definition) is 0. The topological polar surface area (TPSA) is 0 Å². The van der Waals surface area contributed by atoms with Crippen LogP contribution in [0.3, 0.4) is 0 Å². The fraction of sp³-hybridized carbons (Fsp3) is 0.167. The van der Waals surface area contributed by atoms with Crippen molar-refractivity contribution in [3.63, 3.8) is 0 Å². The summed E-state index contributed by atoms with van der Waals surface area (Å²) in [5.74, 6) is 0. The Labute approximate surface area is 152 Å². The van der Waals surface area contributed by atoms with Crippen molar-refractivity contribution < 1.29 is 0 Å². The predicted molar refractivity (Wildman–Crippen MR) is 114 cm³/mol. The minimum absolute atomic E-state index is 1.10. The van der Waals surface area contributed by atoms with Crippen molar-refractivity contribution in [2.75, 3.05) is 6.16 Å². The van der Waals surface area contributed by atoms with E-state index in [1.54, 1.807) is 0 Å². The standard InChI is InChI=1S/C24H26P/c1-3-4-19-25(23-15-7-5-8-16-23,24-17-9-6-10-18-24)20-22-14-12-11-13-21(22)2/h3-18H,19-20H2,1-2H3/q+1/b4-3+. The minimum atomic E-state index is -1.55. The molecule has 0 heterocycles. The first-order valence-corrected chi connectivity index (χ1v) is 11.1. The van der Waals surface area contributed by atoms with Crippen molar-refractivity contribution in [1.82, 2.24) is 0 Å². The lowest BCUT2D eigenvalue weighted by atomic mass is 10.1. The van der Waals surface area contributed by atoms with Crippen LogP contribution in [-0.4, -0.2) is 6.16 Å². The van der Waals surface area contributed by atoms with Gasteiger partial charge < -0.3 is 0 Å². The third kappa shape index (κ3) is 3.91. The monoisotopic (exact) mass is 345 g/mol. The molecular weight excluding hydrogens is 319 g/mol. The molecule has 0 N–H and O–H groups in total. The highest BCUT2D eigenvalue weighted by Gasteiger charge is 2.41. The molecule has 0 amide bonds. The summed E-state index contributed by atoms with van der Waals surface area (Å²) in [5, 5.41) is 2.98. The van der Waals surface area contributed by atoms with Gasteiger partial charge in [-0.05, 0) is 49.2 Å². The lowest BCUT2D eigenvalue weighted by Crippen LogP contribution is -2.26. The van der Waals surface area contributed by atoms with Crippen LogP contribution in [0, 0.1) is 6.92 Å². The molecule has 3 aromatic rings. The smallest absolute Gasteiger partial charge is 0.0881 e. The molecule has 1 heteroatoms. The highest BCUT2D eigenvalue weighted by Crippen LogP contribution is 2.59. The molecule has 0 aliphatic carbocycles. The third-order valence-corrected chi connectivity index (χ3v) is 9.14. The maximum Gasteiger partial charge on any atom is 0.0998 e. The van der Waals surface area contributed by atoms with Crippen LogP contribution in [0.25, 0.3) is 0 Å². The van der Waals surface area contributed by atoms with Gasteiger partial charge in [0.05, 0.1) is 30.2 Å². The van der Waals surface area contributed by atoms with Crippen LogP contribution in [-0.2, 0) is 6.16 Å². The van der Waals surface area contributed by atoms with Crippen LogP contribution in [0.15, 0.2) is 97.1 Å². The third-order valence-electron chi connectivity index (χ3n) is 4.86. The van der Waals surface area contributed by atoms with E-state index in [0.717, 1.165) is 12.3 Å². The number of aryl methyl sites for hydroxylation is 1. The molecule has 0 bridgehead atoms. The second-order valence-electron chi connectivity index (χ2n) is 6.48. The van der Waals surface area contributed by atoms with Crippen molar-refractivity contribution in [1.29, 1.82) is 0 Å². The summed E-state index contributed by atoms with van der Waals surface area (Å²) in [5.41, 5.74) is 2.85. The van der Waals surface area contributed by atoms with Gasteiger partial charge in [-0.3, -0.25) is 0 Å². The quantitative estimate of drug-likeness (QED) is 0.395. The molecule has 0 unspecified atom stereocenters. The summed E-state index contributed by atoms with van der Waals surface area (Å²) in [7, 11) is -1.55. The summed E-state index contributed by atoms with van der Waals surface area (Å²) < 4.78 is 0. The van der Waals surface area contributed by atoms with E-state index in [2.05, 4.69) is 111 Å². The van der Waals surface area contributed by atoms with E-state index in [1.807, 2.05) is 0 Å². The number of hydrogen-bond donors (Lipinski definition) is 0. The van der Waals surface area contributed by atoms with E-state index < -0.39 is 7.26 Å². The molecule has 0 nitrogen and oxygen atoms in total. The zero-order chi connectivity index (χ0) is 17.5. The summed E-state index contributed by atoms with van der Waals surface area (Å²) in [6.45, 7) is 4.36. The van der Waals surface area contributed by atoms with Gasteiger partial charge in [0.1, 0.15) is 0 Å². The summed E-state index contributed by atoms with van der Waals surface area (Å²) in [6.07, 6.45) is 6.76. The summed E-state index contributed by atoms with van der Waals surface area (Å²) >= 11 is 0. The van der Waals surface area contributed by atoms with Gasteiger partial charge in [-0.1, -0.05) is 72.8 Å². The SMILES string of the molecule is C/C=C/C[P+](Cc1ccccc1C)(c1ccccc1)c1ccccc1. The first kappa shape index (κ1) is 17.6. The molecule has 0 aliphatic heterocycles. The Balaban J connectivity index is 2.19. The number of rotatable bonds is 6. The Morgan fingerprint density at radius 2 is 1.24 bits per heavy atom. The van der Waals surface area contributed by atoms with Crippen molar-refractivity contribution in [2.45, 2.75) is 20.0 Å². The molecule has 126 valence electrons. The van der Waals surface area contributed by atoms with Gasteiger partial charge in [-0.2, -0.15) is 0 Å². The maximum atomic E-state index is 2.35. The normalized spacial score (nSPS) is 11.8. The van der Waals surface area contributed by atoms with Crippen LogP contribution in [0.2, 0.25) is 0 Å². The predicted octanol–water partition coefficient (Wildman–Crippen LogP) is 5.74. The Bertz CT molecular complexity index is 779. The fourth-order valence-electron chi connectivity index (χ4n) is 3.40. The van der Waals surface area contributed by atoms with Gasteiger partial charge in [0, 0.05) is 0 Å². The van der Waals surface area contributed by atoms with Crippen LogP contribution in [0.5, 0.6) is 0 Å². The number of allylic oxidation sites excluding steroid dienone is 2. The highest BCUT2D eigenvalue weighted by atomic mass is 31.2. The average molecular weight is 345 g/mol. The lowest BCUT2D eigenvalue weighted by Gasteiger charge is -2.27. The van der Waals surface area contributed by atoms with E-state index in [-0.39, 0.29) is 0 Å². The molecule has 0 saturated carbocycles. The Kier molecular flexibility index (Phi) is 5.84. The first-order chi connectivity index (χ1) is 12.3. The molecule has 3 aromatic carbocycles. The molecule has 25 heavy (non-hydrogen) atoms. The molecule has 0 atom stereocenters. The molecule has 0 saturated heterocycles. The Morgan fingerprint density at radius 1 is 0.720 bits per heavy atom. The van der Waals surface area contributed by atoms with E-state index in [1.165, 1.54) is 21.7 Å². The lowest BCUT2D eigenvalue weighted by molar-refractivity contribution is 1.28. The Morgan fingerprint density at radius 3 is 1.76 bits per heavy atom. The molecule has 3 rings (SSSR count).